The largest absolute Gasteiger partial charge is 0.489 e. The van der Waals surface area contributed by atoms with Crippen molar-refractivity contribution in [3.63, 3.8) is 0 Å². The smallest absolute Gasteiger partial charge is 0.423 e. The van der Waals surface area contributed by atoms with Gasteiger partial charge in [-0.15, -0.1) is 11.3 Å². The van der Waals surface area contributed by atoms with Crippen molar-refractivity contribution in [2.75, 3.05) is 0 Å². The third-order valence-corrected chi connectivity index (χ3v) is 2.53. The van der Waals surface area contributed by atoms with E-state index in [1.54, 1.807) is 17.4 Å². The Bertz CT molecular complexity index is 222. The highest BCUT2D eigenvalue weighted by Gasteiger charge is 2.15. The molecule has 4 heteroatoms. The molecule has 2 nitrogen and oxygen atoms in total. The molecule has 0 unspecified atom stereocenters. The molecule has 0 amide bonds. The molecular weight excluding hydrogens is 159 g/mol. The number of hydrogen-bond donors (Lipinski definition) is 2. The average Bonchev–Trinajstić information content (AvgIpc) is 2.36. The van der Waals surface area contributed by atoms with E-state index in [0.29, 0.717) is 5.46 Å². The summed E-state index contributed by atoms with van der Waals surface area (Å²) >= 11 is 1.58. The monoisotopic (exact) mass is 170 g/mol. The molecule has 0 aliphatic rings. The van der Waals surface area contributed by atoms with Gasteiger partial charge in [0.05, 0.1) is 0 Å². The molecule has 11 heavy (non-hydrogen) atoms. The van der Waals surface area contributed by atoms with Crippen LogP contribution in [0.1, 0.15) is 18.2 Å². The van der Waals surface area contributed by atoms with Crippen LogP contribution in [0.4, 0.5) is 0 Å². The number of hydrogen-bond acceptors (Lipinski definition) is 3. The van der Waals surface area contributed by atoms with E-state index < -0.39 is 7.12 Å². The molecule has 0 aliphatic carbocycles. The van der Waals surface area contributed by atoms with E-state index in [4.69, 9.17) is 10.0 Å². The summed E-state index contributed by atoms with van der Waals surface area (Å²) in [5.74, 6) is 0. The Kier molecular flexibility index (Phi) is 3.11. The van der Waals surface area contributed by atoms with Crippen LogP contribution in [-0.2, 0) is 6.42 Å². The van der Waals surface area contributed by atoms with Crippen molar-refractivity contribution in [1.82, 2.24) is 0 Å². The van der Waals surface area contributed by atoms with E-state index in [1.807, 2.05) is 5.38 Å². The van der Waals surface area contributed by atoms with Crippen LogP contribution >= 0.6 is 11.3 Å². The number of aryl methyl sites for hydroxylation is 1. The summed E-state index contributed by atoms with van der Waals surface area (Å²) in [5, 5.41) is 19.7. The summed E-state index contributed by atoms with van der Waals surface area (Å²) in [6.07, 6.45) is 1.98. The van der Waals surface area contributed by atoms with Crippen molar-refractivity contribution in [3.05, 3.63) is 16.3 Å². The first-order chi connectivity index (χ1) is 5.25. The molecule has 0 aromatic carbocycles. The second kappa shape index (κ2) is 3.90. The minimum Gasteiger partial charge on any atom is -0.423 e. The Morgan fingerprint density at radius 3 is 2.82 bits per heavy atom. The first-order valence-corrected chi connectivity index (χ1v) is 4.56. The third kappa shape index (κ3) is 2.05. The van der Waals surface area contributed by atoms with Crippen LogP contribution in [0.2, 0.25) is 0 Å². The summed E-state index contributed by atoms with van der Waals surface area (Å²) in [7, 11) is -1.30. The van der Waals surface area contributed by atoms with Gasteiger partial charge in [-0.1, -0.05) is 19.4 Å². The zero-order chi connectivity index (χ0) is 8.27. The van der Waals surface area contributed by atoms with Crippen LogP contribution < -0.4 is 5.46 Å². The molecule has 2 N–H and O–H groups in total. The van der Waals surface area contributed by atoms with E-state index in [-0.39, 0.29) is 0 Å². The Balaban J connectivity index is 2.78. The molecule has 0 saturated carbocycles. The molecule has 60 valence electrons. The standard InChI is InChI=1S/C7H11BO2S/c1-2-3-7-6(8(9)10)4-5-11-7/h4-5,9-10H,2-3H2,1H3. The van der Waals surface area contributed by atoms with Gasteiger partial charge in [-0.2, -0.15) is 0 Å². The van der Waals surface area contributed by atoms with Gasteiger partial charge in [0.2, 0.25) is 0 Å². The zero-order valence-electron chi connectivity index (χ0n) is 6.45. The zero-order valence-corrected chi connectivity index (χ0v) is 7.27. The van der Waals surface area contributed by atoms with E-state index in [0.717, 1.165) is 17.7 Å². The molecule has 0 radical (unpaired) electrons. The van der Waals surface area contributed by atoms with Gasteiger partial charge in [0.1, 0.15) is 0 Å². The van der Waals surface area contributed by atoms with Gasteiger partial charge < -0.3 is 10.0 Å². The normalized spacial score (nSPS) is 10.1. The maximum absolute atomic E-state index is 8.88. The van der Waals surface area contributed by atoms with Crippen molar-refractivity contribution in [2.45, 2.75) is 19.8 Å². The summed E-state index contributed by atoms with van der Waals surface area (Å²) in [6.45, 7) is 2.08. The fourth-order valence-electron chi connectivity index (χ4n) is 1.01. The molecule has 0 atom stereocenters. The van der Waals surface area contributed by atoms with Gasteiger partial charge in [0, 0.05) is 4.88 Å². The third-order valence-electron chi connectivity index (χ3n) is 1.54. The second-order valence-electron chi connectivity index (χ2n) is 2.42. The van der Waals surface area contributed by atoms with Gasteiger partial charge in [-0.25, -0.2) is 0 Å². The van der Waals surface area contributed by atoms with E-state index in [2.05, 4.69) is 6.92 Å². The molecular formula is C7H11BO2S. The van der Waals surface area contributed by atoms with Gasteiger partial charge in [-0.05, 0) is 17.3 Å². The highest BCUT2D eigenvalue weighted by molar-refractivity contribution is 7.11. The van der Waals surface area contributed by atoms with Gasteiger partial charge in [-0.3, -0.25) is 0 Å². The van der Waals surface area contributed by atoms with Gasteiger partial charge in [0.25, 0.3) is 0 Å². The van der Waals surface area contributed by atoms with Crippen LogP contribution in [-0.4, -0.2) is 17.2 Å². The molecule has 1 rings (SSSR count). The average molecular weight is 170 g/mol. The van der Waals surface area contributed by atoms with Crippen LogP contribution in [0.3, 0.4) is 0 Å². The fraction of sp³-hybridized carbons (Fsp3) is 0.429. The Morgan fingerprint density at radius 2 is 2.27 bits per heavy atom. The van der Waals surface area contributed by atoms with Gasteiger partial charge >= 0.3 is 7.12 Å². The van der Waals surface area contributed by atoms with Crippen molar-refractivity contribution < 1.29 is 10.0 Å². The summed E-state index contributed by atoms with van der Waals surface area (Å²) in [6, 6.07) is 1.76. The van der Waals surface area contributed by atoms with Crippen molar-refractivity contribution >= 4 is 23.9 Å². The Labute approximate surface area is 70.6 Å². The quantitative estimate of drug-likeness (QED) is 0.643. The molecule has 0 aliphatic heterocycles. The minimum atomic E-state index is -1.30. The van der Waals surface area contributed by atoms with E-state index in [1.165, 1.54) is 0 Å². The van der Waals surface area contributed by atoms with Crippen molar-refractivity contribution in [2.24, 2.45) is 0 Å². The lowest BCUT2D eigenvalue weighted by Gasteiger charge is -1.98. The SMILES string of the molecule is CCCc1sccc1B(O)O. The molecule has 1 aromatic rings. The first-order valence-electron chi connectivity index (χ1n) is 3.68. The van der Waals surface area contributed by atoms with E-state index in [9.17, 15) is 0 Å². The highest BCUT2D eigenvalue weighted by Crippen LogP contribution is 2.08. The molecule has 0 fully saturated rings. The number of thiophene rings is 1. The molecule has 0 spiro atoms. The maximum Gasteiger partial charge on any atom is 0.489 e. The number of rotatable bonds is 3. The second-order valence-corrected chi connectivity index (χ2v) is 3.42. The van der Waals surface area contributed by atoms with Crippen molar-refractivity contribution in [3.8, 4) is 0 Å². The van der Waals surface area contributed by atoms with Crippen molar-refractivity contribution in [1.29, 1.82) is 0 Å². The summed E-state index contributed by atoms with van der Waals surface area (Å²) < 4.78 is 0. The Morgan fingerprint density at radius 1 is 1.55 bits per heavy atom. The first kappa shape index (κ1) is 8.78. The minimum absolute atomic E-state index is 0.664. The molecule has 1 aromatic heterocycles. The predicted molar refractivity (Wildman–Crippen MR) is 48.1 cm³/mol. The summed E-state index contributed by atoms with van der Waals surface area (Å²) in [4.78, 5) is 1.09. The van der Waals surface area contributed by atoms with E-state index >= 15 is 0 Å². The van der Waals surface area contributed by atoms with Gasteiger partial charge in [0.15, 0.2) is 0 Å². The fourth-order valence-corrected chi connectivity index (χ4v) is 2.02. The molecule has 1 heterocycles. The molecule has 0 saturated heterocycles. The van der Waals surface area contributed by atoms with Crippen LogP contribution in [0.15, 0.2) is 11.4 Å². The van der Waals surface area contributed by atoms with Crippen LogP contribution in [0, 0.1) is 0 Å². The highest BCUT2D eigenvalue weighted by atomic mass is 32.1. The topological polar surface area (TPSA) is 40.5 Å². The van der Waals surface area contributed by atoms with Crippen LogP contribution in [0.25, 0.3) is 0 Å². The van der Waals surface area contributed by atoms with Crippen LogP contribution in [0.5, 0.6) is 0 Å². The lowest BCUT2D eigenvalue weighted by Crippen LogP contribution is -2.30. The summed E-state index contributed by atoms with van der Waals surface area (Å²) in [5.41, 5.74) is 0.664. The Hall–Kier alpha value is -0.315. The molecule has 0 bridgehead atoms. The lowest BCUT2D eigenvalue weighted by molar-refractivity contribution is 0.425. The maximum atomic E-state index is 8.88. The lowest BCUT2D eigenvalue weighted by atomic mass is 9.80. The predicted octanol–water partition coefficient (Wildman–Crippen LogP) is 0.380.